The Morgan fingerprint density at radius 3 is 2.39 bits per heavy atom. The fourth-order valence-electron chi connectivity index (χ4n) is 3.72. The third-order valence-electron chi connectivity index (χ3n) is 5.43. The molecule has 0 unspecified atom stereocenters. The van der Waals surface area contributed by atoms with Crippen LogP contribution in [0.5, 0.6) is 0 Å². The van der Waals surface area contributed by atoms with Gasteiger partial charge in [0.2, 0.25) is 10.0 Å². The van der Waals surface area contributed by atoms with Crippen molar-refractivity contribution in [3.05, 3.63) is 70.9 Å². The van der Waals surface area contributed by atoms with Gasteiger partial charge in [-0.1, -0.05) is 11.6 Å². The number of carbonyl (C=O) groups is 1. The van der Waals surface area contributed by atoms with E-state index in [4.69, 9.17) is 0 Å². The number of aromatic nitrogens is 1. The number of nitrogens with zero attached hydrogens (tertiary/aromatic N) is 3. The molecule has 0 spiro atoms. The highest BCUT2D eigenvalue weighted by atomic mass is 32.2. The molecule has 0 saturated carbocycles. The highest BCUT2D eigenvalue weighted by Crippen LogP contribution is 2.23. The van der Waals surface area contributed by atoms with Gasteiger partial charge in [0, 0.05) is 31.6 Å². The maximum Gasteiger partial charge on any atom is 0.255 e. The maximum atomic E-state index is 14.0. The van der Waals surface area contributed by atoms with Gasteiger partial charge in [0.05, 0.1) is 16.8 Å². The van der Waals surface area contributed by atoms with E-state index in [1.165, 1.54) is 0 Å². The van der Waals surface area contributed by atoms with Crippen molar-refractivity contribution in [3.8, 4) is 0 Å². The zero-order valence-corrected chi connectivity index (χ0v) is 17.9. The standard InChI is InChI=1S/C22H21F2N3O3S/c1-14-3-6-20-16(11-14)12-18(15(2)25-20)22(28)26-7-9-27(10-8-26)31(29,30)21-13-17(23)4-5-19(21)24/h3-6,11-13H,7-10H2,1-2H3. The monoisotopic (exact) mass is 445 g/mol. The van der Waals surface area contributed by atoms with Gasteiger partial charge in [-0.2, -0.15) is 4.31 Å². The van der Waals surface area contributed by atoms with Gasteiger partial charge in [-0.05, 0) is 50.2 Å². The Bertz CT molecular complexity index is 1290. The Morgan fingerprint density at radius 1 is 0.968 bits per heavy atom. The molecule has 0 radical (unpaired) electrons. The largest absolute Gasteiger partial charge is 0.336 e. The molecule has 1 amide bonds. The molecule has 1 saturated heterocycles. The highest BCUT2D eigenvalue weighted by molar-refractivity contribution is 7.89. The molecule has 0 atom stereocenters. The van der Waals surface area contributed by atoms with Gasteiger partial charge in [0.15, 0.2) is 0 Å². The van der Waals surface area contributed by atoms with Crippen molar-refractivity contribution >= 4 is 26.8 Å². The molecule has 1 aromatic heterocycles. The summed E-state index contributed by atoms with van der Waals surface area (Å²) < 4.78 is 54.0. The summed E-state index contributed by atoms with van der Waals surface area (Å²) in [6, 6.07) is 9.95. The van der Waals surface area contributed by atoms with Crippen molar-refractivity contribution in [1.82, 2.24) is 14.2 Å². The Morgan fingerprint density at radius 2 is 1.68 bits per heavy atom. The minimum atomic E-state index is -4.20. The second kappa shape index (κ2) is 7.97. The summed E-state index contributed by atoms with van der Waals surface area (Å²) >= 11 is 0. The second-order valence-electron chi connectivity index (χ2n) is 7.59. The lowest BCUT2D eigenvalue weighted by molar-refractivity contribution is 0.0696. The summed E-state index contributed by atoms with van der Waals surface area (Å²) in [5.74, 6) is -2.07. The van der Waals surface area contributed by atoms with E-state index in [2.05, 4.69) is 4.98 Å². The van der Waals surface area contributed by atoms with Crippen LogP contribution in [0.4, 0.5) is 8.78 Å². The molecule has 31 heavy (non-hydrogen) atoms. The molecule has 0 bridgehead atoms. The van der Waals surface area contributed by atoms with Gasteiger partial charge in [0.25, 0.3) is 5.91 Å². The van der Waals surface area contributed by atoms with Crippen molar-refractivity contribution in [2.75, 3.05) is 26.2 Å². The van der Waals surface area contributed by atoms with Crippen molar-refractivity contribution < 1.29 is 22.0 Å². The number of hydrogen-bond acceptors (Lipinski definition) is 4. The fourth-order valence-corrected chi connectivity index (χ4v) is 5.22. The first-order valence-electron chi connectivity index (χ1n) is 9.79. The molecule has 2 aromatic carbocycles. The van der Waals surface area contributed by atoms with Crippen molar-refractivity contribution in [3.63, 3.8) is 0 Å². The van der Waals surface area contributed by atoms with E-state index < -0.39 is 26.6 Å². The lowest BCUT2D eigenvalue weighted by Gasteiger charge is -2.34. The van der Waals surface area contributed by atoms with Crippen LogP contribution in [-0.2, 0) is 10.0 Å². The number of hydrogen-bond donors (Lipinski definition) is 0. The van der Waals surface area contributed by atoms with Crippen LogP contribution < -0.4 is 0 Å². The number of rotatable bonds is 3. The molecular weight excluding hydrogens is 424 g/mol. The summed E-state index contributed by atoms with van der Waals surface area (Å²) in [6.45, 7) is 3.98. The molecular formula is C22H21F2N3O3S. The average Bonchev–Trinajstić information content (AvgIpc) is 2.74. The van der Waals surface area contributed by atoms with Gasteiger partial charge in [-0.15, -0.1) is 0 Å². The van der Waals surface area contributed by atoms with Crippen LogP contribution in [0.2, 0.25) is 0 Å². The first-order valence-corrected chi connectivity index (χ1v) is 11.2. The molecule has 162 valence electrons. The zero-order valence-electron chi connectivity index (χ0n) is 17.1. The molecule has 0 N–H and O–H groups in total. The minimum Gasteiger partial charge on any atom is -0.336 e. The highest BCUT2D eigenvalue weighted by Gasteiger charge is 2.33. The van der Waals surface area contributed by atoms with E-state index in [1.54, 1.807) is 17.9 Å². The number of pyridine rings is 1. The Kier molecular flexibility index (Phi) is 5.49. The molecule has 1 aliphatic rings. The summed E-state index contributed by atoms with van der Waals surface area (Å²) in [6.07, 6.45) is 0. The molecule has 1 aliphatic heterocycles. The molecule has 0 aliphatic carbocycles. The summed E-state index contributed by atoms with van der Waals surface area (Å²) in [5, 5.41) is 0.858. The third-order valence-corrected chi connectivity index (χ3v) is 7.34. The number of halogens is 2. The molecule has 9 heteroatoms. The molecule has 4 rings (SSSR count). The van der Waals surface area contributed by atoms with Gasteiger partial charge in [-0.3, -0.25) is 9.78 Å². The summed E-state index contributed by atoms with van der Waals surface area (Å²) in [7, 11) is -4.20. The molecule has 6 nitrogen and oxygen atoms in total. The lowest BCUT2D eigenvalue weighted by Crippen LogP contribution is -2.50. The van der Waals surface area contributed by atoms with Crippen molar-refractivity contribution in [1.29, 1.82) is 0 Å². The smallest absolute Gasteiger partial charge is 0.255 e. The van der Waals surface area contributed by atoms with Crippen LogP contribution in [0.1, 0.15) is 21.6 Å². The first-order chi connectivity index (χ1) is 14.7. The second-order valence-corrected chi connectivity index (χ2v) is 9.49. The fraction of sp³-hybridized carbons (Fsp3) is 0.273. The van der Waals surface area contributed by atoms with Gasteiger partial charge >= 0.3 is 0 Å². The zero-order chi connectivity index (χ0) is 22.3. The molecule has 1 fully saturated rings. The van der Waals surface area contributed by atoms with Crippen LogP contribution in [0, 0.1) is 25.5 Å². The van der Waals surface area contributed by atoms with Crippen molar-refractivity contribution in [2.45, 2.75) is 18.7 Å². The van der Waals surface area contributed by atoms with Gasteiger partial charge < -0.3 is 4.90 Å². The van der Waals surface area contributed by atoms with Crippen LogP contribution >= 0.6 is 0 Å². The number of aryl methyl sites for hydroxylation is 2. The number of carbonyl (C=O) groups excluding carboxylic acids is 1. The quantitative estimate of drug-likeness (QED) is 0.621. The number of benzene rings is 2. The van der Waals surface area contributed by atoms with E-state index in [9.17, 15) is 22.0 Å². The van der Waals surface area contributed by atoms with Gasteiger partial charge in [0.1, 0.15) is 16.5 Å². The van der Waals surface area contributed by atoms with Crippen LogP contribution in [0.15, 0.2) is 47.4 Å². The molecule has 3 aromatic rings. The Hall–Kier alpha value is -2.91. The SMILES string of the molecule is Cc1ccc2nc(C)c(C(=O)N3CCN(S(=O)(=O)c4cc(F)ccc4F)CC3)cc2c1. The molecule has 2 heterocycles. The summed E-state index contributed by atoms with van der Waals surface area (Å²) in [5.41, 5.74) is 2.91. The number of amides is 1. The van der Waals surface area contributed by atoms with Crippen molar-refractivity contribution in [2.24, 2.45) is 0 Å². The Balaban J connectivity index is 1.54. The van der Waals surface area contributed by atoms with E-state index in [0.29, 0.717) is 17.3 Å². The predicted octanol–water partition coefficient (Wildman–Crippen LogP) is 3.28. The minimum absolute atomic E-state index is 0.0107. The normalized spacial score (nSPS) is 15.4. The van der Waals surface area contributed by atoms with E-state index >= 15 is 0 Å². The maximum absolute atomic E-state index is 14.0. The first kappa shape index (κ1) is 21.3. The number of fused-ring (bicyclic) bond motifs is 1. The summed E-state index contributed by atoms with van der Waals surface area (Å²) in [4.78, 5) is 18.5. The van der Waals surface area contributed by atoms with Gasteiger partial charge in [-0.25, -0.2) is 17.2 Å². The average molecular weight is 445 g/mol. The number of piperazine rings is 1. The van der Waals surface area contributed by atoms with Crippen LogP contribution in [0.25, 0.3) is 10.9 Å². The van der Waals surface area contributed by atoms with Crippen LogP contribution in [0.3, 0.4) is 0 Å². The van der Waals surface area contributed by atoms with E-state index in [-0.39, 0.29) is 32.1 Å². The van der Waals surface area contributed by atoms with E-state index in [1.807, 2.05) is 25.1 Å². The Labute approximate surface area is 179 Å². The lowest BCUT2D eigenvalue weighted by atomic mass is 10.1. The third kappa shape index (κ3) is 4.03. The van der Waals surface area contributed by atoms with E-state index in [0.717, 1.165) is 32.9 Å². The topological polar surface area (TPSA) is 70.6 Å². The van der Waals surface area contributed by atoms with Crippen LogP contribution in [-0.4, -0.2) is 54.7 Å². The predicted molar refractivity (Wildman–Crippen MR) is 112 cm³/mol. The number of sulfonamides is 1.